The van der Waals surface area contributed by atoms with Gasteiger partial charge in [-0.3, -0.25) is 4.79 Å². The van der Waals surface area contributed by atoms with Gasteiger partial charge in [-0.2, -0.15) is 0 Å². The smallest absolute Gasteiger partial charge is 0.251 e. The highest BCUT2D eigenvalue weighted by Crippen LogP contribution is 2.23. The molecule has 0 spiro atoms. The minimum atomic E-state index is -0.152. The lowest BCUT2D eigenvalue weighted by Gasteiger charge is -2.09. The standard InChI is InChI=1S/C15H17Cl2N3O/c1-9(2)18-8-11-7-15(21)20-14(19-11)6-10-3-4-12(16)13(17)5-10/h3-5,7,9,18H,6,8H2,1-2H3,(H,19,20,21). The van der Waals surface area contributed by atoms with E-state index in [9.17, 15) is 4.79 Å². The highest BCUT2D eigenvalue weighted by molar-refractivity contribution is 6.42. The van der Waals surface area contributed by atoms with Crippen LogP contribution in [-0.4, -0.2) is 16.0 Å². The predicted molar refractivity (Wildman–Crippen MR) is 86.1 cm³/mol. The fourth-order valence-electron chi connectivity index (χ4n) is 1.89. The molecule has 0 saturated carbocycles. The highest BCUT2D eigenvalue weighted by Gasteiger charge is 2.05. The van der Waals surface area contributed by atoms with Crippen molar-refractivity contribution in [3.63, 3.8) is 0 Å². The van der Waals surface area contributed by atoms with Crippen LogP contribution in [0.4, 0.5) is 0 Å². The summed E-state index contributed by atoms with van der Waals surface area (Å²) in [4.78, 5) is 18.9. The van der Waals surface area contributed by atoms with Gasteiger partial charge in [-0.1, -0.05) is 43.1 Å². The maximum Gasteiger partial charge on any atom is 0.251 e. The maximum atomic E-state index is 11.7. The fourth-order valence-corrected chi connectivity index (χ4v) is 2.21. The third kappa shape index (κ3) is 4.84. The summed E-state index contributed by atoms with van der Waals surface area (Å²) >= 11 is 11.9. The van der Waals surface area contributed by atoms with Gasteiger partial charge in [0.1, 0.15) is 5.82 Å². The van der Waals surface area contributed by atoms with E-state index in [0.717, 1.165) is 11.3 Å². The van der Waals surface area contributed by atoms with Gasteiger partial charge >= 0.3 is 0 Å². The van der Waals surface area contributed by atoms with Crippen LogP contribution in [0.1, 0.15) is 30.9 Å². The highest BCUT2D eigenvalue weighted by atomic mass is 35.5. The summed E-state index contributed by atoms with van der Waals surface area (Å²) < 4.78 is 0. The number of rotatable bonds is 5. The van der Waals surface area contributed by atoms with Gasteiger partial charge in [0.25, 0.3) is 5.56 Å². The molecule has 0 amide bonds. The van der Waals surface area contributed by atoms with Crippen LogP contribution in [0.15, 0.2) is 29.1 Å². The number of aromatic amines is 1. The lowest BCUT2D eigenvalue weighted by atomic mass is 10.1. The maximum absolute atomic E-state index is 11.7. The lowest BCUT2D eigenvalue weighted by molar-refractivity contribution is 0.578. The van der Waals surface area contributed by atoms with Gasteiger partial charge in [-0.05, 0) is 17.7 Å². The van der Waals surface area contributed by atoms with E-state index in [1.807, 2.05) is 19.9 Å². The summed E-state index contributed by atoms with van der Waals surface area (Å²) in [7, 11) is 0. The summed E-state index contributed by atoms with van der Waals surface area (Å²) in [6.45, 7) is 4.66. The number of benzene rings is 1. The molecule has 6 heteroatoms. The largest absolute Gasteiger partial charge is 0.310 e. The van der Waals surface area contributed by atoms with Gasteiger partial charge in [-0.25, -0.2) is 4.98 Å². The molecule has 1 heterocycles. The average molecular weight is 326 g/mol. The number of hydrogen-bond acceptors (Lipinski definition) is 3. The van der Waals surface area contributed by atoms with Crippen molar-refractivity contribution in [3.05, 3.63) is 61.7 Å². The first-order valence-electron chi connectivity index (χ1n) is 6.70. The SMILES string of the molecule is CC(C)NCc1cc(=O)[nH]c(Cc2ccc(Cl)c(Cl)c2)n1. The van der Waals surface area contributed by atoms with Crippen molar-refractivity contribution in [3.8, 4) is 0 Å². The monoisotopic (exact) mass is 325 g/mol. The van der Waals surface area contributed by atoms with Gasteiger partial charge < -0.3 is 10.3 Å². The molecule has 112 valence electrons. The molecular formula is C15H17Cl2N3O. The van der Waals surface area contributed by atoms with Crippen LogP contribution in [-0.2, 0) is 13.0 Å². The van der Waals surface area contributed by atoms with Crippen LogP contribution < -0.4 is 10.9 Å². The zero-order valence-electron chi connectivity index (χ0n) is 11.9. The first-order valence-corrected chi connectivity index (χ1v) is 7.46. The van der Waals surface area contributed by atoms with E-state index < -0.39 is 0 Å². The third-order valence-electron chi connectivity index (χ3n) is 2.89. The zero-order chi connectivity index (χ0) is 15.4. The molecule has 0 saturated heterocycles. The van der Waals surface area contributed by atoms with Crippen LogP contribution in [0.5, 0.6) is 0 Å². The number of hydrogen-bond donors (Lipinski definition) is 2. The Morgan fingerprint density at radius 3 is 2.67 bits per heavy atom. The molecule has 0 atom stereocenters. The molecule has 2 aromatic rings. The van der Waals surface area contributed by atoms with Crippen molar-refractivity contribution >= 4 is 23.2 Å². The molecule has 0 unspecified atom stereocenters. The molecule has 0 radical (unpaired) electrons. The summed E-state index contributed by atoms with van der Waals surface area (Å²) in [5.41, 5.74) is 1.52. The van der Waals surface area contributed by atoms with Crippen molar-refractivity contribution in [1.82, 2.24) is 15.3 Å². The van der Waals surface area contributed by atoms with Gasteiger partial charge in [0.05, 0.1) is 15.7 Å². The van der Waals surface area contributed by atoms with Gasteiger partial charge in [-0.15, -0.1) is 0 Å². The van der Waals surface area contributed by atoms with E-state index in [0.29, 0.717) is 34.9 Å². The van der Waals surface area contributed by atoms with E-state index in [2.05, 4.69) is 15.3 Å². The van der Waals surface area contributed by atoms with Crippen LogP contribution in [0, 0.1) is 0 Å². The summed E-state index contributed by atoms with van der Waals surface area (Å²) in [6, 6.07) is 7.23. The summed E-state index contributed by atoms with van der Waals surface area (Å²) in [5.74, 6) is 0.612. The van der Waals surface area contributed by atoms with E-state index in [-0.39, 0.29) is 5.56 Å². The molecule has 4 nitrogen and oxygen atoms in total. The first-order chi connectivity index (χ1) is 9.94. The third-order valence-corrected chi connectivity index (χ3v) is 3.63. The van der Waals surface area contributed by atoms with Crippen molar-refractivity contribution in [1.29, 1.82) is 0 Å². The molecule has 0 bridgehead atoms. The Hall–Kier alpha value is -1.36. The minimum Gasteiger partial charge on any atom is -0.310 e. The zero-order valence-corrected chi connectivity index (χ0v) is 13.4. The van der Waals surface area contributed by atoms with Crippen molar-refractivity contribution in [2.24, 2.45) is 0 Å². The van der Waals surface area contributed by atoms with Crippen LogP contribution in [0.2, 0.25) is 10.0 Å². The number of halogens is 2. The topological polar surface area (TPSA) is 57.8 Å². The Balaban J connectivity index is 2.19. The van der Waals surface area contributed by atoms with Crippen molar-refractivity contribution < 1.29 is 0 Å². The predicted octanol–water partition coefficient (Wildman–Crippen LogP) is 3.17. The number of nitrogens with zero attached hydrogens (tertiary/aromatic N) is 1. The molecule has 2 rings (SSSR count). The quantitative estimate of drug-likeness (QED) is 0.887. The summed E-state index contributed by atoms with van der Waals surface area (Å²) in [6.07, 6.45) is 0.502. The van der Waals surface area contributed by atoms with Crippen LogP contribution in [0.3, 0.4) is 0 Å². The second kappa shape index (κ2) is 7.07. The number of H-pyrrole nitrogens is 1. The van der Waals surface area contributed by atoms with E-state index in [4.69, 9.17) is 23.2 Å². The fraction of sp³-hybridized carbons (Fsp3) is 0.333. The molecule has 1 aromatic carbocycles. The second-order valence-electron chi connectivity index (χ2n) is 5.14. The van der Waals surface area contributed by atoms with Gasteiger partial charge in [0.2, 0.25) is 0 Å². The van der Waals surface area contributed by atoms with E-state index in [1.165, 1.54) is 6.07 Å². The van der Waals surface area contributed by atoms with Crippen LogP contribution >= 0.6 is 23.2 Å². The molecule has 21 heavy (non-hydrogen) atoms. The molecule has 0 aliphatic heterocycles. The molecular weight excluding hydrogens is 309 g/mol. The Kier molecular flexibility index (Phi) is 5.39. The second-order valence-corrected chi connectivity index (χ2v) is 5.96. The number of nitrogens with one attached hydrogen (secondary N) is 2. The Morgan fingerprint density at radius 1 is 1.24 bits per heavy atom. The van der Waals surface area contributed by atoms with E-state index >= 15 is 0 Å². The van der Waals surface area contributed by atoms with Gasteiger partial charge in [0.15, 0.2) is 0 Å². The normalized spacial score (nSPS) is 11.1. The molecule has 1 aromatic heterocycles. The number of aromatic nitrogens is 2. The Labute approximate surface area is 133 Å². The van der Waals surface area contributed by atoms with Crippen LogP contribution in [0.25, 0.3) is 0 Å². The lowest BCUT2D eigenvalue weighted by Crippen LogP contribution is -2.24. The van der Waals surface area contributed by atoms with Crippen molar-refractivity contribution in [2.75, 3.05) is 0 Å². The van der Waals surface area contributed by atoms with Gasteiger partial charge in [0, 0.05) is 25.1 Å². The summed E-state index contributed by atoms with van der Waals surface area (Å²) in [5, 5.41) is 4.25. The Morgan fingerprint density at radius 2 is 2.00 bits per heavy atom. The molecule has 0 aliphatic carbocycles. The molecule has 2 N–H and O–H groups in total. The minimum absolute atomic E-state index is 0.152. The first kappa shape index (κ1) is 16.0. The average Bonchev–Trinajstić information content (AvgIpc) is 2.40. The molecule has 0 aliphatic rings. The van der Waals surface area contributed by atoms with Crippen molar-refractivity contribution in [2.45, 2.75) is 32.9 Å². The van der Waals surface area contributed by atoms with E-state index in [1.54, 1.807) is 12.1 Å². The molecule has 0 fully saturated rings. The Bertz CT molecular complexity index is 683.